The van der Waals surface area contributed by atoms with Crippen LogP contribution in [0.15, 0.2) is 24.3 Å². The molecular weight excluding hydrogens is 268 g/mol. The van der Waals surface area contributed by atoms with Crippen molar-refractivity contribution < 1.29 is 14.3 Å². The molecule has 0 saturated carbocycles. The average molecular weight is 292 g/mol. The van der Waals surface area contributed by atoms with Crippen LogP contribution in [0.25, 0.3) is 0 Å². The van der Waals surface area contributed by atoms with E-state index < -0.39 is 0 Å². The van der Waals surface area contributed by atoms with Gasteiger partial charge in [-0.05, 0) is 38.1 Å². The van der Waals surface area contributed by atoms with E-state index in [0.717, 1.165) is 31.9 Å². The minimum Gasteiger partial charge on any atom is -0.493 e. The summed E-state index contributed by atoms with van der Waals surface area (Å²) in [6, 6.07) is 8.04. The van der Waals surface area contributed by atoms with Crippen molar-refractivity contribution in [2.75, 3.05) is 44.3 Å². The first kappa shape index (κ1) is 15.6. The van der Waals surface area contributed by atoms with Gasteiger partial charge in [-0.1, -0.05) is 0 Å². The van der Waals surface area contributed by atoms with Gasteiger partial charge in [-0.15, -0.1) is 0 Å². The van der Waals surface area contributed by atoms with E-state index in [9.17, 15) is 4.79 Å². The van der Waals surface area contributed by atoms with Gasteiger partial charge in [0, 0.05) is 31.9 Å². The number of benzene rings is 1. The third-order valence-electron chi connectivity index (χ3n) is 3.51. The molecular formula is C16H24N2O3. The predicted octanol–water partition coefficient (Wildman–Crippen LogP) is 1.67. The van der Waals surface area contributed by atoms with Crippen molar-refractivity contribution in [3.63, 3.8) is 0 Å². The molecule has 1 saturated heterocycles. The number of anilines is 1. The maximum Gasteiger partial charge on any atom is 0.312 e. The Morgan fingerprint density at radius 1 is 1.29 bits per heavy atom. The lowest BCUT2D eigenvalue weighted by Crippen LogP contribution is -2.43. The summed E-state index contributed by atoms with van der Waals surface area (Å²) in [5.41, 5.74) is 1.21. The van der Waals surface area contributed by atoms with Gasteiger partial charge in [-0.25, -0.2) is 0 Å². The third-order valence-corrected chi connectivity index (χ3v) is 3.51. The molecule has 1 aromatic carbocycles. The molecule has 0 bridgehead atoms. The number of piperazine rings is 1. The molecule has 1 fully saturated rings. The second-order valence-electron chi connectivity index (χ2n) is 5.20. The number of esters is 1. The van der Waals surface area contributed by atoms with Crippen molar-refractivity contribution in [2.24, 2.45) is 5.92 Å². The average Bonchev–Trinajstić information content (AvgIpc) is 2.54. The first-order chi connectivity index (χ1) is 10.2. The summed E-state index contributed by atoms with van der Waals surface area (Å²) >= 11 is 0. The monoisotopic (exact) mass is 292 g/mol. The first-order valence-electron chi connectivity index (χ1n) is 7.56. The second kappa shape index (κ2) is 7.88. The van der Waals surface area contributed by atoms with Crippen LogP contribution in [0.1, 0.15) is 13.8 Å². The van der Waals surface area contributed by atoms with E-state index in [1.54, 1.807) is 6.92 Å². The summed E-state index contributed by atoms with van der Waals surface area (Å²) < 4.78 is 10.6. The van der Waals surface area contributed by atoms with Gasteiger partial charge in [0.15, 0.2) is 0 Å². The Kier molecular flexibility index (Phi) is 5.87. The van der Waals surface area contributed by atoms with Crippen LogP contribution in [-0.4, -0.2) is 45.4 Å². The van der Waals surface area contributed by atoms with Gasteiger partial charge >= 0.3 is 5.97 Å². The SMILES string of the molecule is CCOC(=O)C(C)COc1ccc(N2CCNCC2)cc1. The van der Waals surface area contributed by atoms with E-state index in [4.69, 9.17) is 9.47 Å². The number of nitrogens with one attached hydrogen (secondary N) is 1. The van der Waals surface area contributed by atoms with E-state index in [0.29, 0.717) is 13.2 Å². The third kappa shape index (κ3) is 4.63. The maximum atomic E-state index is 11.5. The quantitative estimate of drug-likeness (QED) is 0.808. The van der Waals surface area contributed by atoms with Gasteiger partial charge in [-0.3, -0.25) is 4.79 Å². The molecule has 1 N–H and O–H groups in total. The molecule has 5 nitrogen and oxygen atoms in total. The largest absolute Gasteiger partial charge is 0.493 e. The van der Waals surface area contributed by atoms with Crippen molar-refractivity contribution in [1.82, 2.24) is 5.32 Å². The fraction of sp³-hybridized carbons (Fsp3) is 0.562. The molecule has 21 heavy (non-hydrogen) atoms. The van der Waals surface area contributed by atoms with Crippen molar-refractivity contribution in [2.45, 2.75) is 13.8 Å². The Hall–Kier alpha value is -1.75. The van der Waals surface area contributed by atoms with E-state index in [1.807, 2.05) is 19.1 Å². The van der Waals surface area contributed by atoms with Crippen LogP contribution in [-0.2, 0) is 9.53 Å². The van der Waals surface area contributed by atoms with Gasteiger partial charge in [0.25, 0.3) is 0 Å². The highest BCUT2D eigenvalue weighted by molar-refractivity contribution is 5.72. The summed E-state index contributed by atoms with van der Waals surface area (Å²) in [5, 5.41) is 3.34. The maximum absolute atomic E-state index is 11.5. The van der Waals surface area contributed by atoms with E-state index in [1.165, 1.54) is 5.69 Å². The summed E-state index contributed by atoms with van der Waals surface area (Å²) in [4.78, 5) is 13.9. The highest BCUT2D eigenvalue weighted by atomic mass is 16.5. The molecule has 1 aliphatic heterocycles. The number of carbonyl (C=O) groups excluding carboxylic acids is 1. The molecule has 0 amide bonds. The van der Waals surface area contributed by atoms with Crippen LogP contribution in [0, 0.1) is 5.92 Å². The van der Waals surface area contributed by atoms with Crippen LogP contribution in [0.4, 0.5) is 5.69 Å². The van der Waals surface area contributed by atoms with Crippen molar-refractivity contribution in [3.8, 4) is 5.75 Å². The Balaban J connectivity index is 1.83. The second-order valence-corrected chi connectivity index (χ2v) is 5.20. The smallest absolute Gasteiger partial charge is 0.312 e. The number of hydrogen-bond acceptors (Lipinski definition) is 5. The molecule has 1 aromatic rings. The molecule has 0 radical (unpaired) electrons. The Morgan fingerprint density at radius 2 is 1.95 bits per heavy atom. The Bertz CT molecular complexity index is 441. The summed E-state index contributed by atoms with van der Waals surface area (Å²) in [6.45, 7) is 8.46. The number of nitrogens with zero attached hydrogens (tertiary/aromatic N) is 1. The number of rotatable bonds is 6. The zero-order chi connectivity index (χ0) is 15.1. The predicted molar refractivity (Wildman–Crippen MR) is 82.8 cm³/mol. The summed E-state index contributed by atoms with van der Waals surface area (Å²) in [7, 11) is 0. The molecule has 1 atom stereocenters. The Morgan fingerprint density at radius 3 is 2.57 bits per heavy atom. The standard InChI is InChI=1S/C16H24N2O3/c1-3-20-16(19)13(2)12-21-15-6-4-14(5-7-15)18-10-8-17-9-11-18/h4-7,13,17H,3,8-12H2,1-2H3. The molecule has 0 aromatic heterocycles. The van der Waals surface area contributed by atoms with E-state index in [-0.39, 0.29) is 11.9 Å². The van der Waals surface area contributed by atoms with E-state index >= 15 is 0 Å². The molecule has 0 spiro atoms. The molecule has 5 heteroatoms. The van der Waals surface area contributed by atoms with Crippen LogP contribution in [0.2, 0.25) is 0 Å². The normalized spacial score (nSPS) is 16.4. The van der Waals surface area contributed by atoms with Gasteiger partial charge in [0.2, 0.25) is 0 Å². The van der Waals surface area contributed by atoms with Gasteiger partial charge in [-0.2, -0.15) is 0 Å². The van der Waals surface area contributed by atoms with Crippen LogP contribution in [0.3, 0.4) is 0 Å². The number of carbonyl (C=O) groups is 1. The van der Waals surface area contributed by atoms with Crippen LogP contribution in [0.5, 0.6) is 5.75 Å². The zero-order valence-corrected chi connectivity index (χ0v) is 12.8. The summed E-state index contributed by atoms with van der Waals surface area (Å²) in [5.74, 6) is 0.317. The highest BCUT2D eigenvalue weighted by Crippen LogP contribution is 2.20. The van der Waals surface area contributed by atoms with Crippen molar-refractivity contribution >= 4 is 11.7 Å². The molecule has 116 valence electrons. The molecule has 1 heterocycles. The zero-order valence-electron chi connectivity index (χ0n) is 12.8. The topological polar surface area (TPSA) is 50.8 Å². The van der Waals surface area contributed by atoms with Crippen LogP contribution >= 0.6 is 0 Å². The highest BCUT2D eigenvalue weighted by Gasteiger charge is 2.15. The van der Waals surface area contributed by atoms with Crippen molar-refractivity contribution in [1.29, 1.82) is 0 Å². The molecule has 0 aliphatic carbocycles. The molecule has 1 aliphatic rings. The first-order valence-corrected chi connectivity index (χ1v) is 7.56. The minimum atomic E-state index is -0.252. The van der Waals surface area contributed by atoms with Crippen LogP contribution < -0.4 is 15.0 Å². The lowest BCUT2D eigenvalue weighted by molar-refractivity contribution is -0.148. The van der Waals surface area contributed by atoms with Gasteiger partial charge in [0.05, 0.1) is 12.5 Å². The molecule has 1 unspecified atom stereocenters. The Labute approximate surface area is 126 Å². The van der Waals surface area contributed by atoms with Gasteiger partial charge in [0.1, 0.15) is 12.4 Å². The van der Waals surface area contributed by atoms with Crippen molar-refractivity contribution in [3.05, 3.63) is 24.3 Å². The van der Waals surface area contributed by atoms with E-state index in [2.05, 4.69) is 22.3 Å². The lowest BCUT2D eigenvalue weighted by atomic mass is 10.2. The lowest BCUT2D eigenvalue weighted by Gasteiger charge is -2.29. The number of hydrogen-bond donors (Lipinski definition) is 1. The minimum absolute atomic E-state index is 0.213. The fourth-order valence-electron chi connectivity index (χ4n) is 2.25. The molecule has 2 rings (SSSR count). The summed E-state index contributed by atoms with van der Waals surface area (Å²) in [6.07, 6.45) is 0. The number of ether oxygens (including phenoxy) is 2. The van der Waals surface area contributed by atoms with Gasteiger partial charge < -0.3 is 19.7 Å². The fourth-order valence-corrected chi connectivity index (χ4v) is 2.25.